The van der Waals surface area contributed by atoms with Gasteiger partial charge < -0.3 is 14.8 Å². The van der Waals surface area contributed by atoms with E-state index in [9.17, 15) is 9.59 Å². The zero-order valence-corrected chi connectivity index (χ0v) is 22.5. The van der Waals surface area contributed by atoms with Crippen LogP contribution in [0, 0.1) is 5.92 Å². The van der Waals surface area contributed by atoms with E-state index in [1.54, 1.807) is 37.3 Å². The van der Waals surface area contributed by atoms with E-state index in [-0.39, 0.29) is 17.0 Å². The van der Waals surface area contributed by atoms with Crippen LogP contribution in [0.15, 0.2) is 41.5 Å². The molecule has 7 nitrogen and oxygen atoms in total. The van der Waals surface area contributed by atoms with Gasteiger partial charge in [0.15, 0.2) is 6.10 Å². The third-order valence-electron chi connectivity index (χ3n) is 4.62. The summed E-state index contributed by atoms with van der Waals surface area (Å²) in [6, 6.07) is 9.02. The van der Waals surface area contributed by atoms with Gasteiger partial charge in [0, 0.05) is 15.6 Å². The number of amides is 2. The van der Waals surface area contributed by atoms with Crippen LogP contribution >= 0.6 is 34.8 Å². The van der Waals surface area contributed by atoms with Gasteiger partial charge >= 0.3 is 0 Å². The number of halogens is 3. The quantitative estimate of drug-likeness (QED) is 0.274. The Labute approximate surface area is 221 Å². The summed E-state index contributed by atoms with van der Waals surface area (Å²) in [5.74, 6) is 0.1000. The second-order valence-electron chi connectivity index (χ2n) is 8.61. The maximum Gasteiger partial charge on any atom is 0.262 e. The topological polar surface area (TPSA) is 89.0 Å². The molecule has 0 saturated heterocycles. The standard InChI is InChI=1S/C25H30Cl3N3O4/c1-14(2)10-21(30-24(32)16(5)35-23-9-7-19(27)12-20(23)28)25(33)31-29-13-17-11-18(26)6-8-22(17)34-15(3)4/h6-9,11-16,21H,10H2,1-5H3,(H,30,32)(H,31,33)/b29-13-/t16-,21+/m1/s1. The number of carbonyl (C=O) groups is 2. The second kappa shape index (κ2) is 13.6. The van der Waals surface area contributed by atoms with Gasteiger partial charge in [-0.2, -0.15) is 5.10 Å². The van der Waals surface area contributed by atoms with Gasteiger partial charge in [-0.25, -0.2) is 5.43 Å². The molecule has 0 bridgehead atoms. The number of nitrogens with zero attached hydrogens (tertiary/aromatic N) is 1. The minimum atomic E-state index is -0.901. The molecule has 2 aromatic carbocycles. The average molecular weight is 543 g/mol. The molecule has 0 unspecified atom stereocenters. The van der Waals surface area contributed by atoms with Crippen LogP contribution < -0.4 is 20.2 Å². The number of hydrazone groups is 1. The molecular weight excluding hydrogens is 513 g/mol. The van der Waals surface area contributed by atoms with E-state index in [0.717, 1.165) is 0 Å². The Kier molecular flexibility index (Phi) is 11.1. The third-order valence-corrected chi connectivity index (χ3v) is 5.39. The van der Waals surface area contributed by atoms with Crippen molar-refractivity contribution in [1.82, 2.24) is 10.7 Å². The normalized spacial score (nSPS) is 13.1. The highest BCUT2D eigenvalue weighted by Gasteiger charge is 2.25. The van der Waals surface area contributed by atoms with E-state index in [1.807, 2.05) is 27.7 Å². The van der Waals surface area contributed by atoms with Crippen LogP contribution in [-0.4, -0.2) is 36.3 Å². The van der Waals surface area contributed by atoms with Crippen molar-refractivity contribution in [2.24, 2.45) is 11.0 Å². The fourth-order valence-corrected chi connectivity index (χ4v) is 3.67. The molecule has 2 aromatic rings. The largest absolute Gasteiger partial charge is 0.490 e. The summed E-state index contributed by atoms with van der Waals surface area (Å²) in [4.78, 5) is 25.6. The Bertz CT molecular complexity index is 1060. The molecular formula is C25H30Cl3N3O4. The van der Waals surface area contributed by atoms with Gasteiger partial charge in [-0.05, 0) is 69.5 Å². The number of hydrogen-bond donors (Lipinski definition) is 2. The molecule has 0 aliphatic carbocycles. The Morgan fingerprint density at radius 1 is 0.914 bits per heavy atom. The van der Waals surface area contributed by atoms with E-state index < -0.39 is 24.0 Å². The van der Waals surface area contributed by atoms with E-state index in [4.69, 9.17) is 44.3 Å². The fraction of sp³-hybridized carbons (Fsp3) is 0.400. The maximum absolute atomic E-state index is 12.8. The van der Waals surface area contributed by atoms with E-state index >= 15 is 0 Å². The predicted octanol–water partition coefficient (Wildman–Crippen LogP) is 5.88. The Morgan fingerprint density at radius 2 is 1.54 bits per heavy atom. The van der Waals surface area contributed by atoms with E-state index in [1.165, 1.54) is 12.3 Å². The van der Waals surface area contributed by atoms with Crippen molar-refractivity contribution in [3.05, 3.63) is 57.0 Å². The lowest BCUT2D eigenvalue weighted by molar-refractivity contribution is -0.132. The van der Waals surface area contributed by atoms with Gasteiger partial charge in [0.05, 0.1) is 17.3 Å². The summed E-state index contributed by atoms with van der Waals surface area (Å²) in [7, 11) is 0. The third kappa shape index (κ3) is 9.59. The van der Waals surface area contributed by atoms with Crippen LogP contribution in [0.2, 0.25) is 15.1 Å². The predicted molar refractivity (Wildman–Crippen MR) is 141 cm³/mol. The molecule has 0 aliphatic rings. The summed E-state index contributed by atoms with van der Waals surface area (Å²) < 4.78 is 11.4. The molecule has 2 N–H and O–H groups in total. The number of ether oxygens (including phenoxy) is 2. The lowest BCUT2D eigenvalue weighted by Gasteiger charge is -2.22. The van der Waals surface area contributed by atoms with Gasteiger partial charge in [-0.1, -0.05) is 48.7 Å². The van der Waals surface area contributed by atoms with Crippen LogP contribution in [0.4, 0.5) is 0 Å². The molecule has 0 fully saturated rings. The van der Waals surface area contributed by atoms with Crippen LogP contribution in [0.5, 0.6) is 11.5 Å². The highest BCUT2D eigenvalue weighted by Crippen LogP contribution is 2.28. The zero-order valence-electron chi connectivity index (χ0n) is 20.3. The van der Waals surface area contributed by atoms with Crippen molar-refractivity contribution in [2.75, 3.05) is 0 Å². The van der Waals surface area contributed by atoms with Crippen LogP contribution in [-0.2, 0) is 9.59 Å². The first-order valence-corrected chi connectivity index (χ1v) is 12.3. The van der Waals surface area contributed by atoms with Crippen LogP contribution in [0.3, 0.4) is 0 Å². The number of benzene rings is 2. The second-order valence-corrected chi connectivity index (χ2v) is 9.89. The molecule has 2 atom stereocenters. The SMILES string of the molecule is CC(C)C[C@H](NC(=O)[C@@H](C)Oc1ccc(Cl)cc1Cl)C(=O)N/N=C\c1cc(Cl)ccc1OC(C)C. The Morgan fingerprint density at radius 3 is 2.14 bits per heavy atom. The highest BCUT2D eigenvalue weighted by molar-refractivity contribution is 6.35. The molecule has 10 heteroatoms. The number of rotatable bonds is 11. The molecule has 0 radical (unpaired) electrons. The molecule has 0 heterocycles. The maximum atomic E-state index is 12.8. The molecule has 2 amide bonds. The summed E-state index contributed by atoms with van der Waals surface area (Å²) >= 11 is 18.1. The van der Waals surface area contributed by atoms with Crippen molar-refractivity contribution in [1.29, 1.82) is 0 Å². The summed E-state index contributed by atoms with van der Waals surface area (Å²) in [6.45, 7) is 9.28. The lowest BCUT2D eigenvalue weighted by atomic mass is 10.0. The average Bonchev–Trinajstić information content (AvgIpc) is 2.76. The molecule has 0 aromatic heterocycles. The van der Waals surface area contributed by atoms with E-state index in [2.05, 4.69) is 15.8 Å². The van der Waals surface area contributed by atoms with Crippen LogP contribution in [0.1, 0.15) is 46.6 Å². The zero-order chi connectivity index (χ0) is 26.1. The van der Waals surface area contributed by atoms with Gasteiger partial charge in [0.2, 0.25) is 0 Å². The van der Waals surface area contributed by atoms with Gasteiger partial charge in [-0.3, -0.25) is 9.59 Å². The molecule has 2 rings (SSSR count). The van der Waals surface area contributed by atoms with Crippen molar-refractivity contribution >= 4 is 52.8 Å². The minimum absolute atomic E-state index is 0.0458. The summed E-state index contributed by atoms with van der Waals surface area (Å²) in [5.41, 5.74) is 3.10. The van der Waals surface area contributed by atoms with Gasteiger partial charge in [0.1, 0.15) is 17.5 Å². The first kappa shape index (κ1) is 28.8. The lowest BCUT2D eigenvalue weighted by Crippen LogP contribution is -2.49. The number of nitrogens with one attached hydrogen (secondary N) is 2. The fourth-order valence-electron chi connectivity index (χ4n) is 3.03. The van der Waals surface area contributed by atoms with Crippen molar-refractivity contribution in [3.8, 4) is 11.5 Å². The molecule has 190 valence electrons. The Hall–Kier alpha value is -2.48. The molecule has 0 saturated carbocycles. The summed E-state index contributed by atoms with van der Waals surface area (Å²) in [6.07, 6.45) is 0.905. The van der Waals surface area contributed by atoms with Gasteiger partial charge in [-0.15, -0.1) is 0 Å². The minimum Gasteiger partial charge on any atom is -0.490 e. The summed E-state index contributed by atoms with van der Waals surface area (Å²) in [5, 5.41) is 8.02. The van der Waals surface area contributed by atoms with Crippen molar-refractivity contribution < 1.29 is 19.1 Å². The molecule has 0 aliphatic heterocycles. The van der Waals surface area contributed by atoms with Gasteiger partial charge in [0.25, 0.3) is 11.8 Å². The number of carbonyl (C=O) groups excluding carboxylic acids is 2. The first-order valence-electron chi connectivity index (χ1n) is 11.2. The van der Waals surface area contributed by atoms with E-state index in [0.29, 0.717) is 33.5 Å². The highest BCUT2D eigenvalue weighted by atomic mass is 35.5. The smallest absolute Gasteiger partial charge is 0.262 e. The monoisotopic (exact) mass is 541 g/mol. The van der Waals surface area contributed by atoms with Crippen molar-refractivity contribution in [3.63, 3.8) is 0 Å². The number of hydrogen-bond acceptors (Lipinski definition) is 5. The van der Waals surface area contributed by atoms with Crippen molar-refractivity contribution in [2.45, 2.75) is 59.3 Å². The molecule has 35 heavy (non-hydrogen) atoms. The first-order chi connectivity index (χ1) is 16.5. The van der Waals surface area contributed by atoms with Crippen LogP contribution in [0.25, 0.3) is 0 Å². The molecule has 0 spiro atoms. The Balaban J connectivity index is 2.06.